The molecule has 4 nitrogen and oxygen atoms in total. The van der Waals surface area contributed by atoms with Gasteiger partial charge in [-0.1, -0.05) is 13.8 Å². The zero-order chi connectivity index (χ0) is 15.2. The lowest BCUT2D eigenvalue weighted by atomic mass is 10.2. The molecule has 0 aliphatic carbocycles. The van der Waals surface area contributed by atoms with Crippen molar-refractivity contribution in [3.8, 4) is 0 Å². The zero-order valence-corrected chi connectivity index (χ0v) is 14.7. The minimum atomic E-state index is 0.693. The van der Waals surface area contributed by atoms with E-state index in [-0.39, 0.29) is 0 Å². The number of rotatable bonds is 8. The number of aromatic nitrogens is 1. The van der Waals surface area contributed by atoms with Gasteiger partial charge in [-0.05, 0) is 45.9 Å². The first-order valence-corrected chi connectivity index (χ1v) is 8.95. The molecule has 1 atom stereocenters. The van der Waals surface area contributed by atoms with Gasteiger partial charge in [0.1, 0.15) is 5.01 Å². The monoisotopic (exact) mass is 310 g/mol. The lowest BCUT2D eigenvalue weighted by Crippen LogP contribution is -2.36. The highest BCUT2D eigenvalue weighted by molar-refractivity contribution is 7.09. The number of hydrogen-bond acceptors (Lipinski definition) is 5. The number of nitrogens with zero attached hydrogens (tertiary/aromatic N) is 3. The van der Waals surface area contributed by atoms with Gasteiger partial charge in [0.25, 0.3) is 0 Å². The van der Waals surface area contributed by atoms with E-state index in [9.17, 15) is 0 Å². The molecular formula is C16H30N4S. The molecule has 120 valence electrons. The van der Waals surface area contributed by atoms with Crippen LogP contribution in [0.2, 0.25) is 0 Å². The van der Waals surface area contributed by atoms with Gasteiger partial charge in [-0.15, -0.1) is 11.3 Å². The highest BCUT2D eigenvalue weighted by Crippen LogP contribution is 2.17. The van der Waals surface area contributed by atoms with Crippen molar-refractivity contribution in [1.29, 1.82) is 0 Å². The van der Waals surface area contributed by atoms with Crippen molar-refractivity contribution < 1.29 is 0 Å². The molecule has 1 N–H and O–H groups in total. The van der Waals surface area contributed by atoms with Crippen LogP contribution >= 0.6 is 11.3 Å². The van der Waals surface area contributed by atoms with Gasteiger partial charge < -0.3 is 10.2 Å². The van der Waals surface area contributed by atoms with Gasteiger partial charge in [0.2, 0.25) is 0 Å². The summed E-state index contributed by atoms with van der Waals surface area (Å²) in [5, 5.41) is 6.88. The third-order valence-corrected chi connectivity index (χ3v) is 4.95. The Kier molecular flexibility index (Phi) is 6.61. The number of likely N-dealkylation sites (tertiary alicyclic amines) is 1. The predicted octanol–water partition coefficient (Wildman–Crippen LogP) is 2.41. The van der Waals surface area contributed by atoms with Crippen LogP contribution < -0.4 is 5.32 Å². The fourth-order valence-electron chi connectivity index (χ4n) is 2.88. The molecule has 0 spiro atoms. The molecule has 2 rings (SSSR count). The van der Waals surface area contributed by atoms with E-state index in [1.807, 2.05) is 0 Å². The normalized spacial score (nSPS) is 20.0. The van der Waals surface area contributed by atoms with Gasteiger partial charge in [0, 0.05) is 31.1 Å². The topological polar surface area (TPSA) is 31.4 Å². The standard InChI is InChI=1S/C16H30N4S/c1-13(2)8-17-9-16-18-14(12-21-16)10-19(3)11-15-6-5-7-20(15)4/h12-13,15,17H,5-11H2,1-4H3. The zero-order valence-electron chi connectivity index (χ0n) is 13.9. The molecule has 21 heavy (non-hydrogen) atoms. The average Bonchev–Trinajstić information content (AvgIpc) is 3.00. The maximum absolute atomic E-state index is 4.74. The van der Waals surface area contributed by atoms with Gasteiger partial charge in [0.05, 0.1) is 5.69 Å². The van der Waals surface area contributed by atoms with Crippen LogP contribution in [0.15, 0.2) is 5.38 Å². The fraction of sp³-hybridized carbons (Fsp3) is 0.812. The average molecular weight is 311 g/mol. The smallest absolute Gasteiger partial charge is 0.107 e. The molecule has 0 amide bonds. The summed E-state index contributed by atoms with van der Waals surface area (Å²) in [4.78, 5) is 9.64. The fourth-order valence-corrected chi connectivity index (χ4v) is 3.64. The second-order valence-electron chi connectivity index (χ2n) is 6.73. The highest BCUT2D eigenvalue weighted by Gasteiger charge is 2.22. The largest absolute Gasteiger partial charge is 0.310 e. The molecular weight excluding hydrogens is 280 g/mol. The summed E-state index contributed by atoms with van der Waals surface area (Å²) in [6, 6.07) is 0.723. The van der Waals surface area contributed by atoms with Crippen molar-refractivity contribution in [2.24, 2.45) is 5.92 Å². The van der Waals surface area contributed by atoms with Gasteiger partial charge in [-0.25, -0.2) is 4.98 Å². The Hall–Kier alpha value is -0.490. The molecule has 5 heteroatoms. The molecule has 1 aromatic rings. The number of thiazole rings is 1. The van der Waals surface area contributed by atoms with Crippen molar-refractivity contribution in [2.45, 2.75) is 45.8 Å². The van der Waals surface area contributed by atoms with Crippen LogP contribution in [0, 0.1) is 5.92 Å². The first-order valence-electron chi connectivity index (χ1n) is 8.07. The second-order valence-corrected chi connectivity index (χ2v) is 7.67. The Labute approximate surface area is 133 Å². The van der Waals surface area contributed by atoms with Gasteiger partial charge in [0.15, 0.2) is 0 Å². The van der Waals surface area contributed by atoms with Crippen LogP contribution in [0.3, 0.4) is 0 Å². The molecule has 0 bridgehead atoms. The molecule has 1 saturated heterocycles. The first kappa shape index (κ1) is 16.9. The summed E-state index contributed by atoms with van der Waals surface area (Å²) in [6.45, 7) is 9.78. The molecule has 1 aliphatic heterocycles. The molecule has 1 unspecified atom stereocenters. The van der Waals surface area contributed by atoms with Crippen molar-refractivity contribution in [3.05, 3.63) is 16.1 Å². The third kappa shape index (κ3) is 5.66. The van der Waals surface area contributed by atoms with E-state index >= 15 is 0 Å². The van der Waals surface area contributed by atoms with Crippen molar-refractivity contribution in [2.75, 3.05) is 33.7 Å². The van der Waals surface area contributed by atoms with Crippen LogP contribution in [0.4, 0.5) is 0 Å². The molecule has 2 heterocycles. The van der Waals surface area contributed by atoms with Crippen LogP contribution in [0.5, 0.6) is 0 Å². The quantitative estimate of drug-likeness (QED) is 0.799. The van der Waals surface area contributed by atoms with Gasteiger partial charge >= 0.3 is 0 Å². The third-order valence-electron chi connectivity index (χ3n) is 4.05. The summed E-state index contributed by atoms with van der Waals surface area (Å²) in [5.41, 5.74) is 1.21. The van der Waals surface area contributed by atoms with E-state index < -0.39 is 0 Å². The summed E-state index contributed by atoms with van der Waals surface area (Å²) in [7, 11) is 4.45. The number of hydrogen-bond donors (Lipinski definition) is 1. The molecule has 0 saturated carbocycles. The Bertz CT molecular complexity index is 418. The summed E-state index contributed by atoms with van der Waals surface area (Å²) in [5.74, 6) is 0.693. The number of likely N-dealkylation sites (N-methyl/N-ethyl adjacent to an activating group) is 2. The van der Waals surface area contributed by atoms with E-state index in [4.69, 9.17) is 4.98 Å². The minimum absolute atomic E-state index is 0.693. The van der Waals surface area contributed by atoms with Gasteiger partial charge in [-0.2, -0.15) is 0 Å². The van der Waals surface area contributed by atoms with Crippen molar-refractivity contribution >= 4 is 11.3 Å². The highest BCUT2D eigenvalue weighted by atomic mass is 32.1. The summed E-state index contributed by atoms with van der Waals surface area (Å²) >= 11 is 1.78. The predicted molar refractivity (Wildman–Crippen MR) is 90.6 cm³/mol. The lowest BCUT2D eigenvalue weighted by molar-refractivity contribution is 0.214. The molecule has 1 aromatic heterocycles. The van der Waals surface area contributed by atoms with Crippen LogP contribution in [-0.4, -0.2) is 54.6 Å². The van der Waals surface area contributed by atoms with Crippen molar-refractivity contribution in [3.63, 3.8) is 0 Å². The lowest BCUT2D eigenvalue weighted by Gasteiger charge is -2.25. The van der Waals surface area contributed by atoms with E-state index in [0.717, 1.165) is 32.2 Å². The molecule has 1 fully saturated rings. The summed E-state index contributed by atoms with van der Waals surface area (Å²) < 4.78 is 0. The number of nitrogens with one attached hydrogen (secondary N) is 1. The minimum Gasteiger partial charge on any atom is -0.310 e. The van der Waals surface area contributed by atoms with Gasteiger partial charge in [-0.3, -0.25) is 4.90 Å². The van der Waals surface area contributed by atoms with Crippen molar-refractivity contribution in [1.82, 2.24) is 20.1 Å². The van der Waals surface area contributed by atoms with E-state index in [2.05, 4.69) is 48.4 Å². The molecule has 0 aromatic carbocycles. The van der Waals surface area contributed by atoms with Crippen LogP contribution in [-0.2, 0) is 13.1 Å². The SMILES string of the molecule is CC(C)CNCc1nc(CN(C)CC2CCCN2C)cs1. The maximum atomic E-state index is 4.74. The maximum Gasteiger partial charge on any atom is 0.107 e. The Morgan fingerprint density at radius 1 is 1.52 bits per heavy atom. The summed E-state index contributed by atoms with van der Waals surface area (Å²) in [6.07, 6.45) is 2.68. The molecule has 0 radical (unpaired) electrons. The molecule has 1 aliphatic rings. The van der Waals surface area contributed by atoms with E-state index in [1.54, 1.807) is 11.3 Å². The van der Waals surface area contributed by atoms with Crippen LogP contribution in [0.25, 0.3) is 0 Å². The Morgan fingerprint density at radius 2 is 2.33 bits per heavy atom. The van der Waals surface area contributed by atoms with E-state index in [1.165, 1.54) is 30.1 Å². The first-order chi connectivity index (χ1) is 10.0. The second kappa shape index (κ2) is 8.22. The van der Waals surface area contributed by atoms with E-state index in [0.29, 0.717) is 5.92 Å². The van der Waals surface area contributed by atoms with Crippen LogP contribution in [0.1, 0.15) is 37.4 Å². The Morgan fingerprint density at radius 3 is 3.00 bits per heavy atom. The Balaban J connectivity index is 1.73.